The summed E-state index contributed by atoms with van der Waals surface area (Å²) >= 11 is 1.64. The molecule has 0 aliphatic rings. The van der Waals surface area contributed by atoms with Crippen molar-refractivity contribution in [1.82, 2.24) is 10.2 Å². The number of thiophene rings is 1. The monoisotopic (exact) mass is 388 g/mol. The van der Waals surface area contributed by atoms with Gasteiger partial charge in [0.1, 0.15) is 11.8 Å². The quantitative estimate of drug-likeness (QED) is 0.747. The van der Waals surface area contributed by atoms with Crippen molar-refractivity contribution in [2.75, 3.05) is 13.7 Å². The van der Waals surface area contributed by atoms with E-state index in [4.69, 9.17) is 4.74 Å². The number of amides is 2. The Morgan fingerprint density at radius 1 is 1.19 bits per heavy atom. The maximum atomic E-state index is 12.9. The average Bonchev–Trinajstić information content (AvgIpc) is 3.04. The fraction of sp³-hybridized carbons (Fsp3) is 0.429. The van der Waals surface area contributed by atoms with Gasteiger partial charge in [0, 0.05) is 17.5 Å². The first-order valence-electron chi connectivity index (χ1n) is 9.15. The van der Waals surface area contributed by atoms with Gasteiger partial charge in [-0.3, -0.25) is 9.59 Å². The van der Waals surface area contributed by atoms with Gasteiger partial charge in [-0.05, 0) is 61.0 Å². The minimum Gasteiger partial charge on any atom is -0.494 e. The van der Waals surface area contributed by atoms with E-state index in [2.05, 4.69) is 5.32 Å². The van der Waals surface area contributed by atoms with Crippen LogP contribution in [0, 0.1) is 12.8 Å². The number of carbonyl (C=O) groups is 2. The fourth-order valence-electron chi connectivity index (χ4n) is 2.70. The normalized spacial score (nSPS) is 11.9. The van der Waals surface area contributed by atoms with Crippen molar-refractivity contribution in [3.63, 3.8) is 0 Å². The van der Waals surface area contributed by atoms with E-state index in [1.165, 1.54) is 5.56 Å². The van der Waals surface area contributed by atoms with Crippen LogP contribution in [0.4, 0.5) is 0 Å². The molecule has 0 saturated carbocycles. The predicted octanol–water partition coefficient (Wildman–Crippen LogP) is 3.87. The molecule has 1 aromatic heterocycles. The molecule has 0 aliphatic heterocycles. The number of carbonyl (C=O) groups excluding carboxylic acids is 2. The maximum absolute atomic E-state index is 12.9. The van der Waals surface area contributed by atoms with Crippen molar-refractivity contribution in [2.45, 2.75) is 40.3 Å². The molecule has 0 radical (unpaired) electrons. The Bertz CT molecular complexity index is 768. The van der Waals surface area contributed by atoms with Crippen LogP contribution in [0.1, 0.15) is 41.6 Å². The highest BCUT2D eigenvalue weighted by Crippen LogP contribution is 2.19. The molecule has 0 fully saturated rings. The van der Waals surface area contributed by atoms with Crippen LogP contribution in [0.3, 0.4) is 0 Å². The van der Waals surface area contributed by atoms with Gasteiger partial charge in [-0.25, -0.2) is 0 Å². The third-order valence-corrected chi connectivity index (χ3v) is 5.38. The number of benzene rings is 1. The minimum atomic E-state index is -0.575. The van der Waals surface area contributed by atoms with Gasteiger partial charge in [0.15, 0.2) is 0 Å². The molecule has 0 spiro atoms. The number of likely N-dealkylation sites (N-methyl/N-ethyl adjacent to an activating group) is 1. The zero-order chi connectivity index (χ0) is 20.0. The summed E-state index contributed by atoms with van der Waals surface area (Å²) in [5.41, 5.74) is 1.69. The predicted molar refractivity (Wildman–Crippen MR) is 109 cm³/mol. The fourth-order valence-corrected chi connectivity index (χ4v) is 3.66. The number of nitrogens with one attached hydrogen (secondary N) is 1. The largest absolute Gasteiger partial charge is 0.494 e. The van der Waals surface area contributed by atoms with Gasteiger partial charge in [-0.2, -0.15) is 0 Å². The van der Waals surface area contributed by atoms with Gasteiger partial charge in [0.2, 0.25) is 5.91 Å². The number of rotatable bonds is 8. The van der Waals surface area contributed by atoms with Gasteiger partial charge in [-0.15, -0.1) is 11.3 Å². The molecule has 1 aromatic carbocycles. The third kappa shape index (κ3) is 5.57. The van der Waals surface area contributed by atoms with Crippen molar-refractivity contribution >= 4 is 23.2 Å². The van der Waals surface area contributed by atoms with Gasteiger partial charge in [-0.1, -0.05) is 13.8 Å². The number of nitrogens with zero attached hydrogens (tertiary/aromatic N) is 1. The van der Waals surface area contributed by atoms with Gasteiger partial charge >= 0.3 is 0 Å². The lowest BCUT2D eigenvalue weighted by Gasteiger charge is -2.27. The van der Waals surface area contributed by atoms with Crippen LogP contribution in [0.2, 0.25) is 0 Å². The summed E-state index contributed by atoms with van der Waals surface area (Å²) < 4.78 is 5.40. The first-order valence-corrected chi connectivity index (χ1v) is 10.0. The second kappa shape index (κ2) is 9.55. The average molecular weight is 389 g/mol. The topological polar surface area (TPSA) is 58.6 Å². The molecule has 0 aliphatic carbocycles. The lowest BCUT2D eigenvalue weighted by atomic mass is 10.0. The Labute approximate surface area is 165 Å². The Kier molecular flexibility index (Phi) is 7.42. The first-order chi connectivity index (χ1) is 12.8. The van der Waals surface area contributed by atoms with E-state index < -0.39 is 6.04 Å². The van der Waals surface area contributed by atoms with E-state index in [0.717, 1.165) is 10.6 Å². The summed E-state index contributed by atoms with van der Waals surface area (Å²) in [4.78, 5) is 28.4. The molecular formula is C21H28N2O3S. The summed E-state index contributed by atoms with van der Waals surface area (Å²) in [5.74, 6) is 0.357. The molecule has 1 atom stereocenters. The number of hydrogen-bond donors (Lipinski definition) is 1. The van der Waals surface area contributed by atoms with Crippen LogP contribution in [-0.4, -0.2) is 36.4 Å². The van der Waals surface area contributed by atoms with Crippen LogP contribution in [0.15, 0.2) is 35.7 Å². The molecule has 1 N–H and O–H groups in total. The van der Waals surface area contributed by atoms with E-state index in [9.17, 15) is 9.59 Å². The molecular weight excluding hydrogens is 360 g/mol. The molecule has 2 aromatic rings. The first kappa shape index (κ1) is 21.0. The van der Waals surface area contributed by atoms with E-state index >= 15 is 0 Å². The molecule has 0 saturated heterocycles. The molecule has 2 amide bonds. The summed E-state index contributed by atoms with van der Waals surface area (Å²) in [6.07, 6.45) is 0. The van der Waals surface area contributed by atoms with Crippen LogP contribution in [0.25, 0.3) is 0 Å². The summed E-state index contributed by atoms with van der Waals surface area (Å²) in [7, 11) is 1.78. The van der Waals surface area contributed by atoms with Crippen molar-refractivity contribution < 1.29 is 14.3 Å². The lowest BCUT2D eigenvalue weighted by molar-refractivity contribution is -0.133. The van der Waals surface area contributed by atoms with Crippen LogP contribution < -0.4 is 10.1 Å². The van der Waals surface area contributed by atoms with Gasteiger partial charge < -0.3 is 15.0 Å². The smallest absolute Gasteiger partial charge is 0.251 e. The second-order valence-electron chi connectivity index (χ2n) is 6.87. The van der Waals surface area contributed by atoms with Gasteiger partial charge in [0.05, 0.1) is 13.2 Å². The number of hydrogen-bond acceptors (Lipinski definition) is 4. The van der Waals surface area contributed by atoms with E-state index in [1.807, 2.05) is 39.1 Å². The van der Waals surface area contributed by atoms with Crippen molar-refractivity contribution in [1.29, 1.82) is 0 Å². The van der Waals surface area contributed by atoms with Crippen molar-refractivity contribution in [3.05, 3.63) is 51.7 Å². The SMILES string of the molecule is CCOc1ccc(C(=O)NC(C(=O)N(C)Cc2sccc2C)C(C)C)cc1. The van der Waals surface area contributed by atoms with Gasteiger partial charge in [0.25, 0.3) is 5.91 Å². The van der Waals surface area contributed by atoms with Crippen LogP contribution >= 0.6 is 11.3 Å². The molecule has 146 valence electrons. The Morgan fingerprint density at radius 2 is 1.85 bits per heavy atom. The summed E-state index contributed by atoms with van der Waals surface area (Å²) in [6.45, 7) is 8.94. The molecule has 1 unspecified atom stereocenters. The lowest BCUT2D eigenvalue weighted by Crippen LogP contribution is -2.50. The maximum Gasteiger partial charge on any atom is 0.251 e. The van der Waals surface area contributed by atoms with E-state index in [1.54, 1.807) is 47.5 Å². The molecule has 6 heteroatoms. The number of aryl methyl sites for hydroxylation is 1. The van der Waals surface area contributed by atoms with Crippen molar-refractivity contribution in [2.24, 2.45) is 5.92 Å². The highest BCUT2D eigenvalue weighted by Gasteiger charge is 2.27. The Hall–Kier alpha value is -2.34. The van der Waals surface area contributed by atoms with Crippen molar-refractivity contribution in [3.8, 4) is 5.75 Å². The highest BCUT2D eigenvalue weighted by molar-refractivity contribution is 7.10. The zero-order valence-electron chi connectivity index (χ0n) is 16.6. The minimum absolute atomic E-state index is 0.0176. The molecule has 2 rings (SSSR count). The number of ether oxygens (including phenoxy) is 1. The standard InChI is InChI=1S/C21H28N2O3S/c1-6-26-17-9-7-16(8-10-17)20(24)22-19(14(2)3)21(25)23(5)13-18-15(4)11-12-27-18/h7-12,14,19H,6,13H2,1-5H3,(H,22,24). The summed E-state index contributed by atoms with van der Waals surface area (Å²) in [5, 5.41) is 4.92. The molecule has 5 nitrogen and oxygen atoms in total. The molecule has 0 bridgehead atoms. The van der Waals surface area contributed by atoms with E-state index in [-0.39, 0.29) is 17.7 Å². The zero-order valence-corrected chi connectivity index (χ0v) is 17.4. The molecule has 27 heavy (non-hydrogen) atoms. The molecule has 1 heterocycles. The second-order valence-corrected chi connectivity index (χ2v) is 7.87. The highest BCUT2D eigenvalue weighted by atomic mass is 32.1. The summed E-state index contributed by atoms with van der Waals surface area (Å²) in [6, 6.07) is 8.41. The van der Waals surface area contributed by atoms with Crippen LogP contribution in [0.5, 0.6) is 5.75 Å². The Morgan fingerprint density at radius 3 is 2.37 bits per heavy atom. The van der Waals surface area contributed by atoms with E-state index in [0.29, 0.717) is 18.7 Å². The Balaban J connectivity index is 2.06. The third-order valence-electron chi connectivity index (χ3n) is 4.37. The van der Waals surface area contributed by atoms with Crippen LogP contribution in [-0.2, 0) is 11.3 Å².